The lowest BCUT2D eigenvalue weighted by molar-refractivity contribution is 0.136. The molecule has 24 heavy (non-hydrogen) atoms. The van der Waals surface area contributed by atoms with Gasteiger partial charge in [0, 0.05) is 16.8 Å². The van der Waals surface area contributed by atoms with Gasteiger partial charge in [-0.25, -0.2) is 0 Å². The highest BCUT2D eigenvalue weighted by Crippen LogP contribution is 2.57. The lowest BCUT2D eigenvalue weighted by Gasteiger charge is -2.27. The highest BCUT2D eigenvalue weighted by atomic mass is 35.5. The largest absolute Gasteiger partial charge is 0.355 e. The Bertz CT molecular complexity index is 561. The van der Waals surface area contributed by atoms with Crippen molar-refractivity contribution < 1.29 is 13.6 Å². The standard InChI is InChI=1S/C18H29ClNO3P/c1-6-7-12-18(20-13-16-10-8-9-11-17(16)19)24(21,22-14(2)3)23-15(4)5/h8-11,13-15,18H,6-7,12H2,1-5H3/b20-13+/t18-/m1/s1. The molecule has 0 radical (unpaired) electrons. The van der Waals surface area contributed by atoms with Crippen LogP contribution in [0.2, 0.25) is 5.02 Å². The second-order valence-corrected chi connectivity index (χ2v) is 8.78. The van der Waals surface area contributed by atoms with Gasteiger partial charge in [-0.3, -0.25) is 9.56 Å². The highest BCUT2D eigenvalue weighted by Gasteiger charge is 2.37. The van der Waals surface area contributed by atoms with E-state index in [1.807, 2.05) is 45.9 Å². The molecule has 0 aliphatic carbocycles. The van der Waals surface area contributed by atoms with E-state index in [1.165, 1.54) is 0 Å². The lowest BCUT2D eigenvalue weighted by atomic mass is 10.2. The number of unbranched alkanes of at least 4 members (excludes halogenated alkanes) is 1. The summed E-state index contributed by atoms with van der Waals surface area (Å²) in [5.41, 5.74) is 0.793. The summed E-state index contributed by atoms with van der Waals surface area (Å²) in [4.78, 5) is 4.55. The Hall–Kier alpha value is -0.670. The van der Waals surface area contributed by atoms with Crippen LogP contribution < -0.4 is 0 Å². The van der Waals surface area contributed by atoms with E-state index >= 15 is 0 Å². The number of halogens is 1. The Kier molecular flexibility index (Phi) is 9.22. The summed E-state index contributed by atoms with van der Waals surface area (Å²) < 4.78 is 24.8. The molecule has 6 heteroatoms. The first-order chi connectivity index (χ1) is 11.3. The van der Waals surface area contributed by atoms with Crippen LogP contribution in [0.25, 0.3) is 0 Å². The molecule has 0 bridgehead atoms. The first-order valence-electron chi connectivity index (χ1n) is 8.52. The summed E-state index contributed by atoms with van der Waals surface area (Å²) in [6.45, 7) is 9.50. The molecule has 0 amide bonds. The van der Waals surface area contributed by atoms with E-state index in [0.717, 1.165) is 18.4 Å². The topological polar surface area (TPSA) is 47.9 Å². The summed E-state index contributed by atoms with van der Waals surface area (Å²) in [7, 11) is -3.36. The second-order valence-electron chi connectivity index (χ2n) is 6.27. The molecule has 0 aliphatic heterocycles. The van der Waals surface area contributed by atoms with Crippen LogP contribution in [0.15, 0.2) is 29.3 Å². The minimum Gasteiger partial charge on any atom is -0.304 e. The van der Waals surface area contributed by atoms with Crippen molar-refractivity contribution in [2.24, 2.45) is 4.99 Å². The molecule has 1 aromatic carbocycles. The quantitative estimate of drug-likeness (QED) is 0.356. The molecule has 0 heterocycles. The molecule has 1 aromatic rings. The van der Waals surface area contributed by atoms with E-state index < -0.39 is 13.4 Å². The molecule has 0 saturated heterocycles. The van der Waals surface area contributed by atoms with Gasteiger partial charge in [0.2, 0.25) is 0 Å². The molecule has 1 rings (SSSR count). The number of benzene rings is 1. The van der Waals surface area contributed by atoms with Crippen molar-refractivity contribution in [1.82, 2.24) is 0 Å². The fourth-order valence-electron chi connectivity index (χ4n) is 2.20. The monoisotopic (exact) mass is 373 g/mol. The summed E-state index contributed by atoms with van der Waals surface area (Å²) >= 11 is 6.17. The average Bonchev–Trinajstić information content (AvgIpc) is 2.47. The van der Waals surface area contributed by atoms with E-state index in [-0.39, 0.29) is 12.2 Å². The van der Waals surface area contributed by atoms with E-state index in [4.69, 9.17) is 20.6 Å². The third-order valence-electron chi connectivity index (χ3n) is 3.19. The van der Waals surface area contributed by atoms with Gasteiger partial charge in [0.25, 0.3) is 0 Å². The van der Waals surface area contributed by atoms with Gasteiger partial charge < -0.3 is 9.05 Å². The lowest BCUT2D eigenvalue weighted by Crippen LogP contribution is -2.17. The van der Waals surface area contributed by atoms with E-state index in [1.54, 1.807) is 12.3 Å². The van der Waals surface area contributed by atoms with Crippen LogP contribution >= 0.6 is 19.2 Å². The fraction of sp³-hybridized carbons (Fsp3) is 0.611. The van der Waals surface area contributed by atoms with Crippen molar-refractivity contribution in [3.63, 3.8) is 0 Å². The molecule has 1 atom stereocenters. The zero-order chi connectivity index (χ0) is 18.2. The first-order valence-corrected chi connectivity index (χ1v) is 10.5. The van der Waals surface area contributed by atoms with Gasteiger partial charge in [-0.1, -0.05) is 49.6 Å². The molecule has 0 spiro atoms. The predicted molar refractivity (Wildman–Crippen MR) is 102 cm³/mol. The molecule has 0 unspecified atom stereocenters. The van der Waals surface area contributed by atoms with Crippen LogP contribution in [0.4, 0.5) is 0 Å². The third-order valence-corrected chi connectivity index (χ3v) is 6.08. The maximum atomic E-state index is 13.4. The number of nitrogens with zero attached hydrogens (tertiary/aromatic N) is 1. The third kappa shape index (κ3) is 7.06. The van der Waals surface area contributed by atoms with Gasteiger partial charge in [-0.05, 0) is 40.2 Å². The minimum absolute atomic E-state index is 0.200. The van der Waals surface area contributed by atoms with Crippen molar-refractivity contribution in [2.75, 3.05) is 0 Å². The molecule has 0 aromatic heterocycles. The zero-order valence-electron chi connectivity index (χ0n) is 15.2. The SMILES string of the molecule is CCCC[C@H](/N=C/c1ccccc1Cl)P(=O)(OC(C)C)OC(C)C. The van der Waals surface area contributed by atoms with Crippen LogP contribution in [-0.2, 0) is 13.6 Å². The van der Waals surface area contributed by atoms with Crippen LogP contribution in [0.5, 0.6) is 0 Å². The minimum atomic E-state index is -3.36. The van der Waals surface area contributed by atoms with Gasteiger partial charge in [0.1, 0.15) is 0 Å². The number of hydrogen-bond acceptors (Lipinski definition) is 4. The van der Waals surface area contributed by atoms with E-state index in [2.05, 4.69) is 11.9 Å². The van der Waals surface area contributed by atoms with Crippen LogP contribution in [0, 0.1) is 0 Å². The molecule has 0 aliphatic rings. The molecular formula is C18H29ClNO3P. The molecule has 0 saturated carbocycles. The summed E-state index contributed by atoms with van der Waals surface area (Å²) in [5, 5.41) is 0.611. The zero-order valence-corrected chi connectivity index (χ0v) is 16.9. The summed E-state index contributed by atoms with van der Waals surface area (Å²) in [5.74, 6) is -0.529. The Balaban J connectivity index is 3.11. The number of hydrogen-bond donors (Lipinski definition) is 0. The van der Waals surface area contributed by atoms with Crippen molar-refractivity contribution in [1.29, 1.82) is 0 Å². The number of aliphatic imine (C=N–C) groups is 1. The summed E-state index contributed by atoms with van der Waals surface area (Å²) in [6.07, 6.45) is 3.80. The van der Waals surface area contributed by atoms with E-state index in [9.17, 15) is 4.57 Å². The van der Waals surface area contributed by atoms with Crippen LogP contribution in [0.3, 0.4) is 0 Å². The van der Waals surface area contributed by atoms with Crippen molar-refractivity contribution in [3.8, 4) is 0 Å². The number of rotatable bonds is 10. The molecule has 0 N–H and O–H groups in total. The predicted octanol–water partition coefficient (Wildman–Crippen LogP) is 6.32. The van der Waals surface area contributed by atoms with Gasteiger partial charge >= 0.3 is 7.60 Å². The van der Waals surface area contributed by atoms with Gasteiger partial charge in [0.15, 0.2) is 5.78 Å². The van der Waals surface area contributed by atoms with E-state index in [0.29, 0.717) is 11.4 Å². The Morgan fingerprint density at radius 1 is 1.17 bits per heavy atom. The maximum Gasteiger partial charge on any atom is 0.355 e. The van der Waals surface area contributed by atoms with Crippen LogP contribution in [-0.4, -0.2) is 24.2 Å². The summed E-state index contributed by atoms with van der Waals surface area (Å²) in [6, 6.07) is 7.44. The Labute approximate surface area is 151 Å². The van der Waals surface area contributed by atoms with Gasteiger partial charge in [0.05, 0.1) is 12.2 Å². The average molecular weight is 374 g/mol. The van der Waals surface area contributed by atoms with Crippen molar-refractivity contribution in [2.45, 2.75) is 71.9 Å². The Morgan fingerprint density at radius 3 is 2.25 bits per heavy atom. The normalized spacial score (nSPS) is 14.0. The highest BCUT2D eigenvalue weighted by molar-refractivity contribution is 7.54. The van der Waals surface area contributed by atoms with Gasteiger partial charge in [-0.2, -0.15) is 0 Å². The Morgan fingerprint density at radius 2 is 1.75 bits per heavy atom. The molecule has 4 nitrogen and oxygen atoms in total. The smallest absolute Gasteiger partial charge is 0.304 e. The fourth-order valence-corrected chi connectivity index (χ4v) is 4.62. The molecular weight excluding hydrogens is 345 g/mol. The van der Waals surface area contributed by atoms with Crippen molar-refractivity contribution in [3.05, 3.63) is 34.9 Å². The van der Waals surface area contributed by atoms with Crippen molar-refractivity contribution >= 4 is 25.4 Å². The van der Waals surface area contributed by atoms with Gasteiger partial charge in [-0.15, -0.1) is 0 Å². The maximum absolute atomic E-state index is 13.4. The molecule has 0 fully saturated rings. The molecule has 136 valence electrons. The van der Waals surface area contributed by atoms with Crippen LogP contribution in [0.1, 0.15) is 59.4 Å². The second kappa shape index (κ2) is 10.4. The first kappa shape index (κ1) is 21.4.